The molecule has 0 radical (unpaired) electrons. The number of hydrogen-bond acceptors (Lipinski definition) is 4. The number of likely N-dealkylation sites (N-methyl/N-ethyl adjacent to an activating group) is 1. The number of benzene rings is 2. The van der Waals surface area contributed by atoms with E-state index in [2.05, 4.69) is 10.3 Å². The first-order chi connectivity index (χ1) is 15.4. The highest BCUT2D eigenvalue weighted by molar-refractivity contribution is 6.08. The number of amides is 4. The van der Waals surface area contributed by atoms with E-state index in [0.717, 1.165) is 11.1 Å². The largest absolute Gasteiger partial charge is 0.331 e. The number of halogens is 1. The molecule has 5 rings (SSSR count). The highest BCUT2D eigenvalue weighted by atomic mass is 19.1. The summed E-state index contributed by atoms with van der Waals surface area (Å²) in [5.41, 5.74) is 2.04. The number of hydrogen-bond donors (Lipinski definition) is 1. The van der Waals surface area contributed by atoms with E-state index in [0.29, 0.717) is 11.1 Å². The molecule has 1 saturated heterocycles. The number of rotatable bonds is 4. The van der Waals surface area contributed by atoms with Gasteiger partial charge in [0.2, 0.25) is 0 Å². The van der Waals surface area contributed by atoms with Crippen LogP contribution in [-0.4, -0.2) is 46.2 Å². The Morgan fingerprint density at radius 2 is 1.69 bits per heavy atom. The normalized spacial score (nSPS) is 20.0. The van der Waals surface area contributed by atoms with Crippen LogP contribution in [-0.2, 0) is 16.9 Å². The van der Waals surface area contributed by atoms with Crippen LogP contribution in [0.15, 0.2) is 67.0 Å². The molecule has 0 aliphatic carbocycles. The van der Waals surface area contributed by atoms with Crippen LogP contribution in [0.3, 0.4) is 0 Å². The molecule has 2 aromatic carbocycles. The highest BCUT2D eigenvalue weighted by Crippen LogP contribution is 2.36. The Morgan fingerprint density at radius 3 is 2.34 bits per heavy atom. The molecular formula is C24H19FN4O3. The minimum absolute atomic E-state index is 0.0508. The fraction of sp³-hybridized carbons (Fsp3) is 0.167. The van der Waals surface area contributed by atoms with E-state index in [-0.39, 0.29) is 24.6 Å². The Morgan fingerprint density at radius 1 is 1.00 bits per heavy atom. The van der Waals surface area contributed by atoms with Crippen LogP contribution in [0.4, 0.5) is 9.18 Å². The first-order valence-corrected chi connectivity index (χ1v) is 10.1. The lowest BCUT2D eigenvalue weighted by molar-refractivity contribution is -0.127. The Hall–Kier alpha value is -4.07. The van der Waals surface area contributed by atoms with Crippen LogP contribution in [0, 0.1) is 5.82 Å². The summed E-state index contributed by atoms with van der Waals surface area (Å²) in [5, 5.41) is 2.36. The zero-order chi connectivity index (χ0) is 22.5. The van der Waals surface area contributed by atoms with Crippen LogP contribution in [0.2, 0.25) is 0 Å². The molecule has 1 atom stereocenters. The quantitative estimate of drug-likeness (QED) is 0.646. The van der Waals surface area contributed by atoms with E-state index in [1.807, 2.05) is 24.3 Å². The van der Waals surface area contributed by atoms with Gasteiger partial charge in [-0.25, -0.2) is 9.18 Å². The van der Waals surface area contributed by atoms with Crippen molar-refractivity contribution in [3.8, 4) is 11.1 Å². The van der Waals surface area contributed by atoms with Crippen LogP contribution in [0.1, 0.15) is 21.5 Å². The molecule has 2 aliphatic rings. The van der Waals surface area contributed by atoms with E-state index in [1.54, 1.807) is 30.6 Å². The van der Waals surface area contributed by atoms with E-state index in [4.69, 9.17) is 0 Å². The van der Waals surface area contributed by atoms with Gasteiger partial charge in [0.05, 0.1) is 6.54 Å². The topological polar surface area (TPSA) is 82.6 Å². The minimum Gasteiger partial charge on any atom is -0.331 e. The summed E-state index contributed by atoms with van der Waals surface area (Å²) in [6, 6.07) is 14.6. The molecule has 2 aliphatic heterocycles. The average molecular weight is 430 g/mol. The molecule has 3 aromatic rings. The fourth-order valence-electron chi connectivity index (χ4n) is 4.42. The number of aromatic nitrogens is 1. The molecule has 0 bridgehead atoms. The first kappa shape index (κ1) is 19.9. The Balaban J connectivity index is 1.53. The number of nitrogens with one attached hydrogen (secondary N) is 1. The third-order valence-electron chi connectivity index (χ3n) is 6.22. The van der Waals surface area contributed by atoms with Crippen LogP contribution in [0.25, 0.3) is 11.1 Å². The Kier molecular flexibility index (Phi) is 4.51. The zero-order valence-corrected chi connectivity index (χ0v) is 17.2. The summed E-state index contributed by atoms with van der Waals surface area (Å²) >= 11 is 0. The number of carbonyl (C=O) groups excluding carboxylic acids is 3. The van der Waals surface area contributed by atoms with Crippen molar-refractivity contribution in [3.63, 3.8) is 0 Å². The molecule has 0 saturated carbocycles. The van der Waals surface area contributed by atoms with Crippen LogP contribution >= 0.6 is 0 Å². The van der Waals surface area contributed by atoms with Crippen molar-refractivity contribution in [2.75, 3.05) is 13.6 Å². The fourth-order valence-corrected chi connectivity index (χ4v) is 4.42. The van der Waals surface area contributed by atoms with Gasteiger partial charge < -0.3 is 9.80 Å². The van der Waals surface area contributed by atoms with Gasteiger partial charge in [0, 0.05) is 31.5 Å². The number of nitrogens with zero attached hydrogens (tertiary/aromatic N) is 3. The molecule has 160 valence electrons. The summed E-state index contributed by atoms with van der Waals surface area (Å²) in [7, 11) is 1.53. The zero-order valence-electron chi connectivity index (χ0n) is 17.2. The molecule has 8 heteroatoms. The second-order valence-electron chi connectivity index (χ2n) is 7.95. The lowest BCUT2D eigenvalue weighted by Gasteiger charge is -2.36. The van der Waals surface area contributed by atoms with E-state index < -0.39 is 23.3 Å². The summed E-state index contributed by atoms with van der Waals surface area (Å²) in [6.07, 6.45) is 3.39. The maximum atomic E-state index is 13.7. The minimum atomic E-state index is -1.40. The van der Waals surface area contributed by atoms with E-state index >= 15 is 0 Å². The van der Waals surface area contributed by atoms with Gasteiger partial charge in [-0.1, -0.05) is 30.3 Å². The Bertz CT molecular complexity index is 1250. The number of urea groups is 1. The second kappa shape index (κ2) is 7.26. The van der Waals surface area contributed by atoms with Crippen molar-refractivity contribution in [2.24, 2.45) is 0 Å². The van der Waals surface area contributed by atoms with Gasteiger partial charge in [-0.3, -0.25) is 19.9 Å². The molecule has 7 nitrogen and oxygen atoms in total. The first-order valence-electron chi connectivity index (χ1n) is 10.1. The molecule has 3 heterocycles. The van der Waals surface area contributed by atoms with Gasteiger partial charge in [0.25, 0.3) is 11.8 Å². The molecule has 1 aromatic heterocycles. The maximum absolute atomic E-state index is 13.7. The predicted molar refractivity (Wildman–Crippen MR) is 114 cm³/mol. The van der Waals surface area contributed by atoms with Crippen molar-refractivity contribution in [3.05, 3.63) is 89.5 Å². The number of carbonyl (C=O) groups is 3. The molecule has 1 N–H and O–H groups in total. The van der Waals surface area contributed by atoms with Crippen molar-refractivity contribution in [1.82, 2.24) is 20.1 Å². The van der Waals surface area contributed by atoms with Gasteiger partial charge in [0.1, 0.15) is 5.82 Å². The lowest BCUT2D eigenvalue weighted by Crippen LogP contribution is -2.53. The molecule has 0 unspecified atom stereocenters. The van der Waals surface area contributed by atoms with Gasteiger partial charge in [-0.05, 0) is 46.5 Å². The molecular weight excluding hydrogens is 411 g/mol. The third kappa shape index (κ3) is 2.95. The average Bonchev–Trinajstić information content (AvgIpc) is 3.23. The second-order valence-corrected chi connectivity index (χ2v) is 7.95. The molecule has 32 heavy (non-hydrogen) atoms. The highest BCUT2D eigenvalue weighted by Gasteiger charge is 2.54. The molecule has 0 spiro atoms. The monoisotopic (exact) mass is 430 g/mol. The van der Waals surface area contributed by atoms with Gasteiger partial charge in [-0.15, -0.1) is 0 Å². The van der Waals surface area contributed by atoms with Crippen LogP contribution < -0.4 is 5.32 Å². The predicted octanol–water partition coefficient (Wildman–Crippen LogP) is 2.92. The van der Waals surface area contributed by atoms with Crippen molar-refractivity contribution in [2.45, 2.75) is 12.1 Å². The van der Waals surface area contributed by atoms with Crippen molar-refractivity contribution in [1.29, 1.82) is 0 Å². The molecule has 1 fully saturated rings. The van der Waals surface area contributed by atoms with E-state index in [1.165, 1.54) is 29.0 Å². The van der Waals surface area contributed by atoms with Gasteiger partial charge >= 0.3 is 6.03 Å². The SMILES string of the molecule is CN1C(=O)NC(=O)[C@]1(CN1Cc2ccc(F)cc2C1=O)c1ccc(-c2ccncc2)cc1. The maximum Gasteiger partial charge on any atom is 0.325 e. The third-order valence-corrected chi connectivity index (χ3v) is 6.22. The summed E-state index contributed by atoms with van der Waals surface area (Å²) in [6.45, 7) is 0.186. The van der Waals surface area contributed by atoms with Gasteiger partial charge in [0.15, 0.2) is 5.54 Å². The van der Waals surface area contributed by atoms with Gasteiger partial charge in [-0.2, -0.15) is 0 Å². The number of imide groups is 1. The summed E-state index contributed by atoms with van der Waals surface area (Å²) < 4.78 is 13.7. The lowest BCUT2D eigenvalue weighted by atomic mass is 9.87. The van der Waals surface area contributed by atoms with E-state index in [9.17, 15) is 18.8 Å². The smallest absolute Gasteiger partial charge is 0.325 e. The molecule has 4 amide bonds. The number of fused-ring (bicyclic) bond motifs is 1. The summed E-state index contributed by atoms with van der Waals surface area (Å²) in [4.78, 5) is 45.3. The number of pyridine rings is 1. The Labute approximate surface area is 183 Å². The standard InChI is InChI=1S/C24H19FN4O3/c1-28-23(32)27-22(31)24(28,14-29-13-17-4-7-19(25)12-20(17)21(29)30)18-5-2-15(3-6-18)16-8-10-26-11-9-16/h2-12H,13-14H2,1H3,(H,27,31,32)/t24-/m0/s1. The summed E-state index contributed by atoms with van der Waals surface area (Å²) in [5.74, 6) is -1.37. The van der Waals surface area contributed by atoms with Crippen molar-refractivity contribution < 1.29 is 18.8 Å². The van der Waals surface area contributed by atoms with Crippen LogP contribution in [0.5, 0.6) is 0 Å². The van der Waals surface area contributed by atoms with Crippen molar-refractivity contribution >= 4 is 17.8 Å².